The molecule has 0 bridgehead atoms. The summed E-state index contributed by atoms with van der Waals surface area (Å²) in [7, 11) is 0. The minimum atomic E-state index is 0.284. The maximum absolute atomic E-state index is 5.46. The molecule has 0 rings (SSSR count). The number of hydrogen-bond acceptors (Lipinski definition) is 2. The summed E-state index contributed by atoms with van der Waals surface area (Å²) in [5.41, 5.74) is 10.9. The molecular weight excluding hydrogens is 192 g/mol. The Labute approximate surface area is 83.5 Å². The highest BCUT2D eigenvalue weighted by molar-refractivity contribution is 7.80. The summed E-state index contributed by atoms with van der Waals surface area (Å²) in [6.45, 7) is 5.20. The van der Waals surface area contributed by atoms with E-state index in [0.717, 1.165) is 0 Å². The molecule has 12 heavy (non-hydrogen) atoms. The molecule has 0 aromatic carbocycles. The van der Waals surface area contributed by atoms with Crippen LogP contribution in [0.15, 0.2) is 0 Å². The first-order valence-electron chi connectivity index (χ1n) is 3.68. The Morgan fingerprint density at radius 2 is 1.25 bits per heavy atom. The van der Waals surface area contributed by atoms with Gasteiger partial charge in [0, 0.05) is 13.1 Å². The van der Waals surface area contributed by atoms with Crippen LogP contribution in [0, 0.1) is 0 Å². The molecule has 0 aromatic heterocycles. The molecule has 0 fully saturated rings. The number of nitrogens with two attached hydrogens (primary N) is 2. The largest absolute Gasteiger partial charge is 0.375 e. The van der Waals surface area contributed by atoms with E-state index in [1.807, 2.05) is 13.8 Å². The van der Waals surface area contributed by atoms with Gasteiger partial charge in [0.2, 0.25) is 0 Å². The zero-order valence-electron chi connectivity index (χ0n) is 7.28. The minimum Gasteiger partial charge on any atom is -0.375 e. The second kappa shape index (κ2) is 5.10. The summed E-state index contributed by atoms with van der Waals surface area (Å²) in [6.07, 6.45) is 0. The molecule has 0 radical (unpaired) electrons. The summed E-state index contributed by atoms with van der Waals surface area (Å²) in [4.78, 5) is 0. The van der Waals surface area contributed by atoms with Crippen molar-refractivity contribution in [1.82, 2.24) is 10.0 Å². The molecule has 0 aromatic rings. The van der Waals surface area contributed by atoms with Gasteiger partial charge in [-0.25, -0.2) is 0 Å². The molecule has 0 saturated carbocycles. The van der Waals surface area contributed by atoms with E-state index in [4.69, 9.17) is 35.9 Å². The first kappa shape index (κ1) is 11.4. The third-order valence-electron chi connectivity index (χ3n) is 1.40. The highest BCUT2D eigenvalue weighted by Gasteiger charge is 2.13. The van der Waals surface area contributed by atoms with E-state index in [1.165, 1.54) is 0 Å². The van der Waals surface area contributed by atoms with Gasteiger partial charge in [0.15, 0.2) is 10.2 Å². The quantitative estimate of drug-likeness (QED) is 0.491. The van der Waals surface area contributed by atoms with E-state index < -0.39 is 0 Å². The van der Waals surface area contributed by atoms with Crippen LogP contribution in [0.4, 0.5) is 0 Å². The lowest BCUT2D eigenvalue weighted by molar-refractivity contribution is 0.150. The lowest BCUT2D eigenvalue weighted by Crippen LogP contribution is -2.53. The topological polar surface area (TPSA) is 58.5 Å². The second-order valence-electron chi connectivity index (χ2n) is 2.11. The molecule has 0 spiro atoms. The smallest absolute Gasteiger partial charge is 0.185 e. The van der Waals surface area contributed by atoms with Crippen molar-refractivity contribution < 1.29 is 0 Å². The highest BCUT2D eigenvalue weighted by atomic mass is 32.1. The Hall–Kier alpha value is -0.620. The third kappa shape index (κ3) is 2.78. The van der Waals surface area contributed by atoms with Crippen molar-refractivity contribution in [2.24, 2.45) is 11.5 Å². The molecule has 4 N–H and O–H groups in total. The zero-order chi connectivity index (χ0) is 9.72. The van der Waals surface area contributed by atoms with Crippen LogP contribution in [0.25, 0.3) is 0 Å². The van der Waals surface area contributed by atoms with Gasteiger partial charge >= 0.3 is 0 Å². The fourth-order valence-electron chi connectivity index (χ4n) is 0.891. The Bertz CT molecular complexity index is 162. The second-order valence-corrected chi connectivity index (χ2v) is 2.94. The number of hydrogen-bond donors (Lipinski definition) is 2. The van der Waals surface area contributed by atoms with E-state index in [2.05, 4.69) is 0 Å². The van der Waals surface area contributed by atoms with Crippen LogP contribution in [-0.4, -0.2) is 33.3 Å². The van der Waals surface area contributed by atoms with E-state index in [0.29, 0.717) is 13.1 Å². The van der Waals surface area contributed by atoms with Crippen LogP contribution in [0.5, 0.6) is 0 Å². The molecular formula is C6H14N4S2. The van der Waals surface area contributed by atoms with Crippen LogP contribution in [-0.2, 0) is 0 Å². The standard InChI is InChI=1S/C6H14N4S2/c1-3-9(5(7)11)10(4-2)6(8)12/h3-4H2,1-2H3,(H2,7,11)(H2,8,12). The van der Waals surface area contributed by atoms with E-state index in [9.17, 15) is 0 Å². The Kier molecular flexibility index (Phi) is 4.84. The van der Waals surface area contributed by atoms with E-state index in [-0.39, 0.29) is 10.2 Å². The van der Waals surface area contributed by atoms with Crippen molar-refractivity contribution in [3.8, 4) is 0 Å². The lowest BCUT2D eigenvalue weighted by atomic mass is 10.6. The summed E-state index contributed by atoms with van der Waals surface area (Å²) in [6, 6.07) is 0. The molecule has 0 heterocycles. The molecule has 0 aliphatic heterocycles. The van der Waals surface area contributed by atoms with Crippen molar-refractivity contribution in [3.63, 3.8) is 0 Å². The molecule has 6 heteroatoms. The SMILES string of the molecule is CCN(C(N)=S)N(CC)C(N)=S. The first-order valence-corrected chi connectivity index (χ1v) is 4.50. The Balaban J connectivity index is 4.44. The molecule has 0 aliphatic rings. The predicted molar refractivity (Wildman–Crippen MR) is 58.3 cm³/mol. The van der Waals surface area contributed by atoms with Crippen LogP contribution in [0.1, 0.15) is 13.8 Å². The maximum atomic E-state index is 5.46. The van der Waals surface area contributed by atoms with E-state index in [1.54, 1.807) is 10.0 Å². The van der Waals surface area contributed by atoms with Gasteiger partial charge in [-0.2, -0.15) is 0 Å². The number of hydrazine groups is 1. The summed E-state index contributed by atoms with van der Waals surface area (Å²) < 4.78 is 0. The number of nitrogens with zero attached hydrogens (tertiary/aromatic N) is 2. The van der Waals surface area contributed by atoms with Crippen molar-refractivity contribution in [2.45, 2.75) is 13.8 Å². The molecule has 0 unspecified atom stereocenters. The first-order chi connectivity index (χ1) is 5.54. The average Bonchev–Trinajstić information content (AvgIpc) is 1.98. The molecule has 0 amide bonds. The van der Waals surface area contributed by atoms with Crippen LogP contribution in [0.3, 0.4) is 0 Å². The van der Waals surface area contributed by atoms with Gasteiger partial charge in [0.25, 0.3) is 0 Å². The monoisotopic (exact) mass is 206 g/mol. The van der Waals surface area contributed by atoms with Gasteiger partial charge in [-0.05, 0) is 38.3 Å². The lowest BCUT2D eigenvalue weighted by Gasteiger charge is -2.33. The minimum absolute atomic E-state index is 0.284. The molecule has 0 saturated heterocycles. The van der Waals surface area contributed by atoms with Crippen molar-refractivity contribution in [3.05, 3.63) is 0 Å². The zero-order valence-corrected chi connectivity index (χ0v) is 8.91. The van der Waals surface area contributed by atoms with Gasteiger partial charge in [0.05, 0.1) is 0 Å². The maximum Gasteiger partial charge on any atom is 0.185 e. The number of rotatable bonds is 2. The van der Waals surface area contributed by atoms with Crippen molar-refractivity contribution in [2.75, 3.05) is 13.1 Å². The average molecular weight is 206 g/mol. The Morgan fingerprint density at radius 1 is 1.00 bits per heavy atom. The van der Waals surface area contributed by atoms with Crippen LogP contribution >= 0.6 is 24.4 Å². The fourth-order valence-corrected chi connectivity index (χ4v) is 1.35. The van der Waals surface area contributed by atoms with Gasteiger partial charge in [-0.15, -0.1) is 0 Å². The summed E-state index contributed by atoms with van der Waals surface area (Å²) in [5.74, 6) is 0. The van der Waals surface area contributed by atoms with Crippen LogP contribution < -0.4 is 11.5 Å². The van der Waals surface area contributed by atoms with Crippen molar-refractivity contribution >= 4 is 34.7 Å². The normalized spacial score (nSPS) is 9.17. The van der Waals surface area contributed by atoms with Gasteiger partial charge in [-0.3, -0.25) is 10.0 Å². The van der Waals surface area contributed by atoms with Crippen LogP contribution in [0.2, 0.25) is 0 Å². The number of thiocarbonyl (C=S) groups is 2. The fraction of sp³-hybridized carbons (Fsp3) is 0.667. The van der Waals surface area contributed by atoms with E-state index >= 15 is 0 Å². The Morgan fingerprint density at radius 3 is 1.33 bits per heavy atom. The van der Waals surface area contributed by atoms with Gasteiger partial charge < -0.3 is 11.5 Å². The molecule has 4 nitrogen and oxygen atoms in total. The summed E-state index contributed by atoms with van der Waals surface area (Å²) >= 11 is 9.65. The molecule has 0 atom stereocenters. The summed E-state index contributed by atoms with van der Waals surface area (Å²) in [5, 5.41) is 3.90. The van der Waals surface area contributed by atoms with Crippen molar-refractivity contribution in [1.29, 1.82) is 0 Å². The highest BCUT2D eigenvalue weighted by Crippen LogP contribution is 1.97. The molecule has 70 valence electrons. The molecule has 0 aliphatic carbocycles. The van der Waals surface area contributed by atoms with Gasteiger partial charge in [-0.1, -0.05) is 0 Å². The third-order valence-corrected chi connectivity index (χ3v) is 1.82. The predicted octanol–water partition coefficient (Wildman–Crippen LogP) is 0.0324. The van der Waals surface area contributed by atoms with Gasteiger partial charge in [0.1, 0.15) is 0 Å².